The van der Waals surface area contributed by atoms with E-state index >= 15 is 0 Å². The van der Waals surface area contributed by atoms with Gasteiger partial charge < -0.3 is 10.1 Å². The van der Waals surface area contributed by atoms with Gasteiger partial charge in [-0.05, 0) is 30.5 Å². The van der Waals surface area contributed by atoms with E-state index in [1.54, 1.807) is 6.07 Å². The Morgan fingerprint density at radius 1 is 1.12 bits per heavy atom. The summed E-state index contributed by atoms with van der Waals surface area (Å²) in [5, 5.41) is 12.5. The lowest BCUT2D eigenvalue weighted by Crippen LogP contribution is -2.00. The molecule has 0 aliphatic heterocycles. The van der Waals surface area contributed by atoms with Crippen molar-refractivity contribution in [2.75, 3.05) is 0 Å². The molecule has 6 heteroatoms. The predicted octanol–water partition coefficient (Wildman–Crippen LogP) is 6.99. The molecule has 2 N–H and O–H groups in total. The number of aromatic amines is 1. The molecule has 3 nitrogen and oxygen atoms in total. The summed E-state index contributed by atoms with van der Waals surface area (Å²) in [5.74, 6) is 0.932. The monoisotopic (exact) mass is 400 g/mol. The van der Waals surface area contributed by atoms with E-state index in [2.05, 4.69) is 30.7 Å². The second-order valence-corrected chi connectivity index (χ2v) is 8.50. The second-order valence-electron chi connectivity index (χ2n) is 6.57. The quantitative estimate of drug-likeness (QED) is 0.445. The molecule has 0 aliphatic rings. The van der Waals surface area contributed by atoms with Crippen LogP contribution in [0.25, 0.3) is 0 Å². The lowest BCUT2D eigenvalue weighted by molar-refractivity contribution is 0.154. The maximum absolute atomic E-state index is 10.4. The van der Waals surface area contributed by atoms with Gasteiger partial charge in [0.25, 0.3) is 0 Å². The van der Waals surface area contributed by atoms with E-state index in [1.165, 1.54) is 24.6 Å². The number of unbranched alkanes of at least 4 members (excludes halogenated alkanes) is 3. The van der Waals surface area contributed by atoms with Gasteiger partial charge in [0.15, 0.2) is 0 Å². The lowest BCUT2D eigenvalue weighted by atomic mass is 10.1. The average molecular weight is 401 g/mol. The third-order valence-electron chi connectivity index (χ3n) is 3.99. The Labute approximate surface area is 164 Å². The number of nitrogens with one attached hydrogen (secondary N) is 1. The van der Waals surface area contributed by atoms with Gasteiger partial charge in [0, 0.05) is 14.9 Å². The molecular formula is C19H26Cl2N2OS. The fourth-order valence-electron chi connectivity index (χ4n) is 2.62. The van der Waals surface area contributed by atoms with Crippen molar-refractivity contribution in [3.63, 3.8) is 0 Å². The van der Waals surface area contributed by atoms with Crippen molar-refractivity contribution in [3.05, 3.63) is 39.8 Å². The molecule has 1 unspecified atom stereocenters. The van der Waals surface area contributed by atoms with Crippen LogP contribution in [0, 0.1) is 0 Å². The predicted molar refractivity (Wildman–Crippen MR) is 107 cm³/mol. The van der Waals surface area contributed by atoms with Crippen LogP contribution in [0.15, 0.2) is 28.1 Å². The Bertz CT molecular complexity index is 668. The molecule has 0 spiro atoms. The van der Waals surface area contributed by atoms with Crippen molar-refractivity contribution in [2.24, 2.45) is 0 Å². The van der Waals surface area contributed by atoms with Crippen LogP contribution in [-0.4, -0.2) is 15.1 Å². The van der Waals surface area contributed by atoms with Crippen LogP contribution in [-0.2, 0) is 0 Å². The van der Waals surface area contributed by atoms with Crippen LogP contribution in [0.5, 0.6) is 0 Å². The highest BCUT2D eigenvalue weighted by Gasteiger charge is 2.19. The van der Waals surface area contributed by atoms with Gasteiger partial charge in [0.2, 0.25) is 0 Å². The number of halogens is 2. The minimum atomic E-state index is -0.549. The number of aromatic nitrogens is 2. The van der Waals surface area contributed by atoms with Crippen molar-refractivity contribution in [3.8, 4) is 0 Å². The van der Waals surface area contributed by atoms with Gasteiger partial charge in [0.05, 0.1) is 5.69 Å². The molecule has 1 heterocycles. The smallest absolute Gasteiger partial charge is 0.136 e. The Balaban J connectivity index is 2.15. The molecule has 1 atom stereocenters. The first kappa shape index (κ1) is 20.6. The molecule has 1 aromatic heterocycles. The maximum Gasteiger partial charge on any atom is 0.136 e. The zero-order valence-corrected chi connectivity index (χ0v) is 17.3. The van der Waals surface area contributed by atoms with Crippen LogP contribution in [0.4, 0.5) is 0 Å². The van der Waals surface area contributed by atoms with Gasteiger partial charge in [-0.2, -0.15) is 0 Å². The number of imidazole rings is 1. The zero-order valence-electron chi connectivity index (χ0n) is 15.0. The van der Waals surface area contributed by atoms with Crippen molar-refractivity contribution in [2.45, 2.75) is 74.8 Å². The van der Waals surface area contributed by atoms with Gasteiger partial charge in [-0.1, -0.05) is 81.4 Å². The molecule has 25 heavy (non-hydrogen) atoms. The minimum Gasteiger partial charge on any atom is -0.385 e. The largest absolute Gasteiger partial charge is 0.385 e. The highest BCUT2D eigenvalue weighted by Crippen LogP contribution is 2.36. The molecule has 0 saturated heterocycles. The van der Waals surface area contributed by atoms with E-state index in [0.29, 0.717) is 15.9 Å². The number of H-pyrrole nitrogens is 1. The molecule has 2 rings (SSSR count). The maximum atomic E-state index is 10.4. The number of rotatable bonds is 9. The summed E-state index contributed by atoms with van der Waals surface area (Å²) in [4.78, 5) is 8.92. The van der Waals surface area contributed by atoms with E-state index in [-0.39, 0.29) is 5.92 Å². The topological polar surface area (TPSA) is 48.9 Å². The minimum absolute atomic E-state index is 0.283. The van der Waals surface area contributed by atoms with E-state index in [1.807, 2.05) is 12.1 Å². The number of aliphatic hydroxyl groups excluding tert-OH is 1. The summed E-state index contributed by atoms with van der Waals surface area (Å²) in [5.41, 5.74) is 1.03. The van der Waals surface area contributed by atoms with Crippen LogP contribution >= 0.6 is 35.0 Å². The summed E-state index contributed by atoms with van der Waals surface area (Å²) in [6.45, 7) is 6.41. The first-order valence-corrected chi connectivity index (χ1v) is 10.4. The number of hydrogen-bond acceptors (Lipinski definition) is 3. The molecule has 0 aliphatic carbocycles. The molecule has 0 radical (unpaired) electrons. The number of aliphatic hydroxyl groups is 1. The first-order valence-electron chi connectivity index (χ1n) is 8.82. The van der Waals surface area contributed by atoms with Gasteiger partial charge >= 0.3 is 0 Å². The fourth-order valence-corrected chi connectivity index (χ4v) is 4.41. The Hall–Kier alpha value is -0.680. The molecule has 0 fully saturated rings. The molecule has 0 bridgehead atoms. The molecule has 2 aromatic rings. The summed E-state index contributed by atoms with van der Waals surface area (Å²) in [7, 11) is 0. The number of hydrogen-bond donors (Lipinski definition) is 2. The van der Waals surface area contributed by atoms with Crippen molar-refractivity contribution >= 4 is 35.0 Å². The van der Waals surface area contributed by atoms with Crippen LogP contribution in [0.1, 0.15) is 76.4 Å². The highest BCUT2D eigenvalue weighted by molar-refractivity contribution is 7.99. The SMILES string of the molecule is CCCCCCC(O)c1nc(Sc2cc(Cl)cc(Cl)c2)c(C(C)C)[nH]1. The number of benzene rings is 1. The van der Waals surface area contributed by atoms with Crippen molar-refractivity contribution in [1.29, 1.82) is 0 Å². The molecule has 1 aromatic carbocycles. The Morgan fingerprint density at radius 3 is 2.40 bits per heavy atom. The van der Waals surface area contributed by atoms with Crippen molar-refractivity contribution in [1.82, 2.24) is 9.97 Å². The van der Waals surface area contributed by atoms with E-state index in [4.69, 9.17) is 23.2 Å². The zero-order chi connectivity index (χ0) is 18.4. The van der Waals surface area contributed by atoms with Gasteiger partial charge in [0.1, 0.15) is 17.0 Å². The third kappa shape index (κ3) is 6.21. The lowest BCUT2D eigenvalue weighted by Gasteiger charge is -2.07. The summed E-state index contributed by atoms with van der Waals surface area (Å²) < 4.78 is 0. The van der Waals surface area contributed by atoms with E-state index < -0.39 is 6.10 Å². The fraction of sp³-hybridized carbons (Fsp3) is 0.526. The summed E-state index contributed by atoms with van der Waals surface area (Å²) in [6, 6.07) is 5.46. The standard InChI is InChI=1S/C19H26Cl2N2OS/c1-4-5-6-7-8-16(24)18-22-17(12(2)3)19(23-18)25-15-10-13(20)9-14(21)11-15/h9-12,16,24H,4-8H2,1-3H3,(H,22,23). The van der Waals surface area contributed by atoms with Crippen LogP contribution < -0.4 is 0 Å². The Kier molecular flexibility index (Phi) is 8.14. The van der Waals surface area contributed by atoms with E-state index in [0.717, 1.165) is 34.9 Å². The summed E-state index contributed by atoms with van der Waals surface area (Å²) in [6.07, 6.45) is 4.74. The van der Waals surface area contributed by atoms with Gasteiger partial charge in [-0.15, -0.1) is 0 Å². The average Bonchev–Trinajstić information content (AvgIpc) is 2.94. The Morgan fingerprint density at radius 2 is 1.80 bits per heavy atom. The number of nitrogens with zero attached hydrogens (tertiary/aromatic N) is 1. The third-order valence-corrected chi connectivity index (χ3v) is 5.40. The van der Waals surface area contributed by atoms with Crippen LogP contribution in [0.2, 0.25) is 10.0 Å². The van der Waals surface area contributed by atoms with Crippen LogP contribution in [0.3, 0.4) is 0 Å². The van der Waals surface area contributed by atoms with Gasteiger partial charge in [-0.25, -0.2) is 4.98 Å². The first-order chi connectivity index (χ1) is 11.9. The van der Waals surface area contributed by atoms with Gasteiger partial charge in [-0.3, -0.25) is 0 Å². The summed E-state index contributed by atoms with van der Waals surface area (Å²) >= 11 is 13.7. The molecule has 138 valence electrons. The van der Waals surface area contributed by atoms with Crippen molar-refractivity contribution < 1.29 is 5.11 Å². The molecular weight excluding hydrogens is 375 g/mol. The van der Waals surface area contributed by atoms with E-state index in [9.17, 15) is 5.11 Å². The normalized spacial score (nSPS) is 12.8. The molecule has 0 amide bonds. The second kappa shape index (κ2) is 9.86. The highest BCUT2D eigenvalue weighted by atomic mass is 35.5. The molecule has 0 saturated carbocycles.